The number of amides is 1. The summed E-state index contributed by atoms with van der Waals surface area (Å²) >= 11 is 1.13. The molecule has 1 amide bonds. The Bertz CT molecular complexity index is 1100. The number of benzene rings is 1. The first-order valence-corrected chi connectivity index (χ1v) is 10.9. The molecule has 0 radical (unpaired) electrons. The van der Waals surface area contributed by atoms with Crippen LogP contribution in [0.5, 0.6) is 0 Å². The van der Waals surface area contributed by atoms with Gasteiger partial charge in [0.05, 0.1) is 15.9 Å². The maximum Gasteiger partial charge on any atom is 0.284 e. The van der Waals surface area contributed by atoms with E-state index in [9.17, 15) is 14.9 Å². The van der Waals surface area contributed by atoms with Crippen molar-refractivity contribution in [1.29, 1.82) is 0 Å². The van der Waals surface area contributed by atoms with Crippen LogP contribution in [0.4, 0.5) is 5.69 Å². The van der Waals surface area contributed by atoms with Crippen molar-refractivity contribution in [2.24, 2.45) is 7.05 Å². The molecule has 2 aromatic heterocycles. The predicted molar refractivity (Wildman–Crippen MR) is 116 cm³/mol. The van der Waals surface area contributed by atoms with Gasteiger partial charge >= 0.3 is 0 Å². The number of rotatable bonds is 8. The molecule has 1 atom stereocenters. The molecule has 11 heteroatoms. The number of nitrogens with zero attached hydrogens (tertiary/aromatic N) is 6. The lowest BCUT2D eigenvalue weighted by Crippen LogP contribution is -2.37. The fourth-order valence-electron chi connectivity index (χ4n) is 3.49. The second-order valence-electron chi connectivity index (χ2n) is 7.45. The summed E-state index contributed by atoms with van der Waals surface area (Å²) in [6.45, 7) is 1.44. The smallest absolute Gasteiger partial charge is 0.284 e. The Morgan fingerprint density at radius 3 is 2.94 bits per heavy atom. The number of carbonyl (C=O) groups is 1. The van der Waals surface area contributed by atoms with Crippen LogP contribution in [0.25, 0.3) is 0 Å². The lowest BCUT2D eigenvalue weighted by molar-refractivity contribution is -0.387. The largest absolute Gasteiger partial charge is 0.376 e. The summed E-state index contributed by atoms with van der Waals surface area (Å²) in [5.74, 6) is -0.289. The molecule has 1 saturated heterocycles. The van der Waals surface area contributed by atoms with E-state index < -0.39 is 4.92 Å². The molecule has 0 spiro atoms. The highest BCUT2D eigenvalue weighted by molar-refractivity contribution is 7.99. The average molecular weight is 455 g/mol. The van der Waals surface area contributed by atoms with Crippen LogP contribution in [0.1, 0.15) is 28.8 Å². The van der Waals surface area contributed by atoms with E-state index in [0.29, 0.717) is 29.7 Å². The van der Waals surface area contributed by atoms with Gasteiger partial charge in [-0.2, -0.15) is 0 Å². The van der Waals surface area contributed by atoms with E-state index in [1.54, 1.807) is 41.0 Å². The van der Waals surface area contributed by atoms with Gasteiger partial charge < -0.3 is 14.2 Å². The first-order chi connectivity index (χ1) is 15.5. The Labute approximate surface area is 188 Å². The van der Waals surface area contributed by atoms with Gasteiger partial charge in [-0.25, -0.2) is 0 Å². The molecule has 3 heterocycles. The molecule has 0 N–H and O–H groups in total. The van der Waals surface area contributed by atoms with Crippen LogP contribution < -0.4 is 0 Å². The van der Waals surface area contributed by atoms with Crippen LogP contribution in [0.2, 0.25) is 0 Å². The number of nitro benzene ring substituents is 1. The van der Waals surface area contributed by atoms with Gasteiger partial charge in [0.25, 0.3) is 11.6 Å². The zero-order chi connectivity index (χ0) is 22.5. The zero-order valence-electron chi connectivity index (χ0n) is 17.5. The first-order valence-electron chi connectivity index (χ1n) is 10.1. The monoisotopic (exact) mass is 454 g/mol. The molecule has 166 valence electrons. The Kier molecular flexibility index (Phi) is 6.76. The molecular formula is C21H22N6O4S. The number of carbonyl (C=O) groups excluding carboxylic acids is 1. The van der Waals surface area contributed by atoms with Gasteiger partial charge in [0.15, 0.2) is 5.16 Å². The number of hydrogen-bond donors (Lipinski definition) is 0. The van der Waals surface area contributed by atoms with E-state index in [1.807, 2.05) is 12.1 Å². The SMILES string of the molecule is Cn1cnnc1Sc1ccc(C(=O)N(Cc2cccnc2)CC2CCCO2)cc1[N+](=O)[O-]. The van der Waals surface area contributed by atoms with Gasteiger partial charge in [-0.3, -0.25) is 19.9 Å². The van der Waals surface area contributed by atoms with E-state index in [2.05, 4.69) is 15.2 Å². The molecular weight excluding hydrogens is 432 g/mol. The van der Waals surface area contributed by atoms with Crippen LogP contribution >= 0.6 is 11.8 Å². The van der Waals surface area contributed by atoms with E-state index in [0.717, 1.165) is 30.2 Å². The molecule has 1 aliphatic heterocycles. The number of nitro groups is 1. The van der Waals surface area contributed by atoms with Crippen LogP contribution in [0, 0.1) is 10.1 Å². The predicted octanol–water partition coefficient (Wildman–Crippen LogP) is 3.09. The van der Waals surface area contributed by atoms with Crippen molar-refractivity contribution < 1.29 is 14.5 Å². The van der Waals surface area contributed by atoms with E-state index in [4.69, 9.17) is 4.74 Å². The second-order valence-corrected chi connectivity index (χ2v) is 8.46. The molecule has 0 bridgehead atoms. The lowest BCUT2D eigenvalue weighted by Gasteiger charge is -2.25. The summed E-state index contributed by atoms with van der Waals surface area (Å²) in [4.78, 5) is 30.8. The second kappa shape index (κ2) is 9.88. The first kappa shape index (κ1) is 21.9. The quantitative estimate of drug-likeness (QED) is 0.377. The summed E-state index contributed by atoms with van der Waals surface area (Å²) in [7, 11) is 1.76. The zero-order valence-corrected chi connectivity index (χ0v) is 18.3. The standard InChI is InChI=1S/C21H22N6O4S/c1-25-14-23-24-21(25)32-19-7-6-16(10-18(19)27(29)30)20(28)26(13-17-5-3-9-31-17)12-15-4-2-8-22-11-15/h2,4,6-8,10-11,14,17H,3,5,9,12-13H2,1H3. The minimum Gasteiger partial charge on any atom is -0.376 e. The molecule has 0 saturated carbocycles. The maximum atomic E-state index is 13.4. The molecule has 1 unspecified atom stereocenters. The van der Waals surface area contributed by atoms with Crippen molar-refractivity contribution in [1.82, 2.24) is 24.6 Å². The van der Waals surface area contributed by atoms with Crippen molar-refractivity contribution in [3.63, 3.8) is 0 Å². The van der Waals surface area contributed by atoms with Crippen molar-refractivity contribution in [2.45, 2.75) is 35.5 Å². The molecule has 32 heavy (non-hydrogen) atoms. The van der Waals surface area contributed by atoms with Gasteiger partial charge in [0.2, 0.25) is 0 Å². The summed E-state index contributed by atoms with van der Waals surface area (Å²) < 4.78 is 7.39. The summed E-state index contributed by atoms with van der Waals surface area (Å²) in [5, 5.41) is 20.0. The van der Waals surface area contributed by atoms with Crippen molar-refractivity contribution in [2.75, 3.05) is 13.2 Å². The fourth-order valence-corrected chi connectivity index (χ4v) is 4.34. The third kappa shape index (κ3) is 5.11. The Morgan fingerprint density at radius 1 is 1.41 bits per heavy atom. The van der Waals surface area contributed by atoms with Crippen LogP contribution in [-0.2, 0) is 18.3 Å². The van der Waals surface area contributed by atoms with Crippen LogP contribution in [0.15, 0.2) is 59.1 Å². The summed E-state index contributed by atoms with van der Waals surface area (Å²) in [6.07, 6.45) is 6.69. The summed E-state index contributed by atoms with van der Waals surface area (Å²) in [6, 6.07) is 8.23. The van der Waals surface area contributed by atoms with E-state index in [1.165, 1.54) is 12.4 Å². The number of hydrogen-bond acceptors (Lipinski definition) is 8. The molecule has 1 fully saturated rings. The lowest BCUT2D eigenvalue weighted by atomic mass is 10.1. The Morgan fingerprint density at radius 2 is 2.28 bits per heavy atom. The topological polar surface area (TPSA) is 116 Å². The molecule has 10 nitrogen and oxygen atoms in total. The number of aryl methyl sites for hydroxylation is 1. The Balaban J connectivity index is 1.61. The van der Waals surface area contributed by atoms with Crippen molar-refractivity contribution >= 4 is 23.4 Å². The van der Waals surface area contributed by atoms with Gasteiger partial charge in [0, 0.05) is 50.8 Å². The van der Waals surface area contributed by atoms with Gasteiger partial charge in [0.1, 0.15) is 6.33 Å². The minimum atomic E-state index is -0.485. The number of ether oxygens (including phenoxy) is 1. The molecule has 1 aliphatic rings. The highest BCUT2D eigenvalue weighted by Gasteiger charge is 2.26. The van der Waals surface area contributed by atoms with Crippen molar-refractivity contribution in [3.8, 4) is 0 Å². The van der Waals surface area contributed by atoms with Gasteiger partial charge in [-0.15, -0.1) is 10.2 Å². The van der Waals surface area contributed by atoms with Crippen molar-refractivity contribution in [3.05, 3.63) is 70.3 Å². The molecule has 3 aromatic rings. The Hall–Kier alpha value is -3.31. The molecule has 0 aliphatic carbocycles. The van der Waals surface area contributed by atoms with Crippen LogP contribution in [0.3, 0.4) is 0 Å². The van der Waals surface area contributed by atoms with E-state index >= 15 is 0 Å². The van der Waals surface area contributed by atoms with Crippen LogP contribution in [-0.4, -0.2) is 54.7 Å². The highest BCUT2D eigenvalue weighted by Crippen LogP contribution is 2.34. The number of pyridine rings is 1. The minimum absolute atomic E-state index is 0.0450. The molecule has 4 rings (SSSR count). The third-order valence-electron chi connectivity index (χ3n) is 5.11. The van der Waals surface area contributed by atoms with Gasteiger partial charge in [-0.1, -0.05) is 6.07 Å². The van der Waals surface area contributed by atoms with Gasteiger partial charge in [-0.05, 0) is 48.4 Å². The average Bonchev–Trinajstić information content (AvgIpc) is 3.45. The number of aromatic nitrogens is 4. The summed E-state index contributed by atoms with van der Waals surface area (Å²) in [5.41, 5.74) is 0.978. The maximum absolute atomic E-state index is 13.4. The highest BCUT2D eigenvalue weighted by atomic mass is 32.2. The fraction of sp³-hybridized carbons (Fsp3) is 0.333. The molecule has 1 aromatic carbocycles. The normalized spacial score (nSPS) is 15.6. The van der Waals surface area contributed by atoms with E-state index in [-0.39, 0.29) is 23.3 Å². The third-order valence-corrected chi connectivity index (χ3v) is 6.22.